The Labute approximate surface area is 100 Å². The van der Waals surface area contributed by atoms with Crippen LogP contribution in [0.1, 0.15) is 0 Å². The van der Waals surface area contributed by atoms with Crippen LogP contribution >= 0.6 is 0 Å². The van der Waals surface area contributed by atoms with Crippen molar-refractivity contribution in [2.45, 2.75) is 0 Å². The molecule has 17 heavy (non-hydrogen) atoms. The summed E-state index contributed by atoms with van der Waals surface area (Å²) in [6.45, 7) is 2.98. The summed E-state index contributed by atoms with van der Waals surface area (Å²) in [5.74, 6) is -0.246. The number of benzene rings is 1. The van der Waals surface area contributed by atoms with Crippen LogP contribution in [-0.2, 0) is 4.79 Å². The van der Waals surface area contributed by atoms with Crippen LogP contribution in [0.5, 0.6) is 0 Å². The van der Waals surface area contributed by atoms with Crippen molar-refractivity contribution in [3.05, 3.63) is 24.0 Å². The lowest BCUT2D eigenvalue weighted by Crippen LogP contribution is -2.45. The second kappa shape index (κ2) is 5.03. The molecule has 4 nitrogen and oxygen atoms in total. The summed E-state index contributed by atoms with van der Waals surface area (Å²) >= 11 is 0. The highest BCUT2D eigenvalue weighted by Crippen LogP contribution is 2.27. The summed E-state index contributed by atoms with van der Waals surface area (Å²) in [7, 11) is 1.78. The largest absolute Gasteiger partial charge is 0.386 e. The fourth-order valence-corrected chi connectivity index (χ4v) is 2.05. The number of nitrogens with zero attached hydrogens (tertiary/aromatic N) is 2. The smallest absolute Gasteiger partial charge is 0.209 e. The molecule has 0 aliphatic carbocycles. The molecule has 5 heteroatoms. The molecule has 1 fully saturated rings. The molecule has 92 valence electrons. The van der Waals surface area contributed by atoms with Gasteiger partial charge in [0.25, 0.3) is 0 Å². The zero-order valence-corrected chi connectivity index (χ0v) is 9.82. The second-order valence-corrected chi connectivity index (χ2v) is 4.04. The zero-order chi connectivity index (χ0) is 12.3. The van der Waals surface area contributed by atoms with Crippen molar-refractivity contribution < 1.29 is 9.18 Å². The first-order valence-electron chi connectivity index (χ1n) is 5.66. The molecule has 0 aromatic heterocycles. The maximum absolute atomic E-state index is 13.1. The van der Waals surface area contributed by atoms with Crippen molar-refractivity contribution in [3.8, 4) is 0 Å². The Balaban J connectivity index is 2.15. The van der Waals surface area contributed by atoms with Gasteiger partial charge in [-0.3, -0.25) is 4.79 Å². The van der Waals surface area contributed by atoms with Crippen molar-refractivity contribution in [2.24, 2.45) is 0 Å². The number of anilines is 2. The highest BCUT2D eigenvalue weighted by atomic mass is 19.1. The standard InChI is InChI=1S/C12H16FN3O/c1-14-11-8-10(13)2-3-12(11)16-6-4-15(9-17)5-7-16/h2-3,8-9,14H,4-7H2,1H3. The summed E-state index contributed by atoms with van der Waals surface area (Å²) in [6, 6.07) is 4.72. The minimum atomic E-state index is -0.246. The fourth-order valence-electron chi connectivity index (χ4n) is 2.05. The molecule has 0 unspecified atom stereocenters. The van der Waals surface area contributed by atoms with Gasteiger partial charge in [0.05, 0.1) is 11.4 Å². The minimum absolute atomic E-state index is 0.246. The van der Waals surface area contributed by atoms with Gasteiger partial charge >= 0.3 is 0 Å². The Hall–Kier alpha value is -1.78. The quantitative estimate of drug-likeness (QED) is 0.801. The maximum Gasteiger partial charge on any atom is 0.209 e. The number of piperazine rings is 1. The van der Waals surface area contributed by atoms with E-state index in [1.165, 1.54) is 12.1 Å². The first-order valence-corrected chi connectivity index (χ1v) is 5.66. The van der Waals surface area contributed by atoms with Gasteiger partial charge in [-0.05, 0) is 18.2 Å². The van der Waals surface area contributed by atoms with Gasteiger partial charge in [0.15, 0.2) is 0 Å². The van der Waals surface area contributed by atoms with E-state index in [4.69, 9.17) is 0 Å². The van der Waals surface area contributed by atoms with Gasteiger partial charge < -0.3 is 15.1 Å². The number of nitrogens with one attached hydrogen (secondary N) is 1. The van der Waals surface area contributed by atoms with Gasteiger partial charge in [-0.2, -0.15) is 0 Å². The number of hydrogen-bond donors (Lipinski definition) is 1. The van der Waals surface area contributed by atoms with Gasteiger partial charge in [0.2, 0.25) is 6.41 Å². The predicted molar refractivity (Wildman–Crippen MR) is 65.8 cm³/mol. The number of halogens is 1. The molecule has 1 aromatic rings. The van der Waals surface area contributed by atoms with E-state index in [0.29, 0.717) is 13.1 Å². The van der Waals surface area contributed by atoms with Crippen LogP contribution in [0.4, 0.5) is 15.8 Å². The Morgan fingerprint density at radius 3 is 2.59 bits per heavy atom. The van der Waals surface area contributed by atoms with Crippen molar-refractivity contribution >= 4 is 17.8 Å². The van der Waals surface area contributed by atoms with Crippen LogP contribution in [-0.4, -0.2) is 44.5 Å². The van der Waals surface area contributed by atoms with Crippen LogP contribution in [0, 0.1) is 5.82 Å². The number of carbonyl (C=O) groups is 1. The molecule has 2 rings (SSSR count). The van der Waals surface area contributed by atoms with E-state index in [0.717, 1.165) is 30.9 Å². The van der Waals surface area contributed by atoms with Crippen molar-refractivity contribution in [3.63, 3.8) is 0 Å². The third-order valence-corrected chi connectivity index (χ3v) is 3.03. The van der Waals surface area contributed by atoms with Crippen molar-refractivity contribution in [2.75, 3.05) is 43.4 Å². The Kier molecular flexibility index (Phi) is 3.46. The molecule has 0 atom stereocenters. The molecule has 0 bridgehead atoms. The van der Waals surface area contributed by atoms with E-state index >= 15 is 0 Å². The lowest BCUT2D eigenvalue weighted by atomic mass is 10.2. The van der Waals surface area contributed by atoms with Crippen LogP contribution in [0.3, 0.4) is 0 Å². The zero-order valence-electron chi connectivity index (χ0n) is 9.82. The number of hydrogen-bond acceptors (Lipinski definition) is 3. The summed E-state index contributed by atoms with van der Waals surface area (Å²) in [6.07, 6.45) is 0.876. The third kappa shape index (κ3) is 2.49. The summed E-state index contributed by atoms with van der Waals surface area (Å²) in [5.41, 5.74) is 1.77. The van der Waals surface area contributed by atoms with E-state index in [1.807, 2.05) is 0 Å². The lowest BCUT2D eigenvalue weighted by Gasteiger charge is -2.35. The van der Waals surface area contributed by atoms with E-state index < -0.39 is 0 Å². The summed E-state index contributed by atoms with van der Waals surface area (Å²) in [5, 5.41) is 2.99. The van der Waals surface area contributed by atoms with Gasteiger partial charge in [-0.15, -0.1) is 0 Å². The first-order chi connectivity index (χ1) is 8.24. The Morgan fingerprint density at radius 1 is 1.29 bits per heavy atom. The summed E-state index contributed by atoms with van der Waals surface area (Å²) in [4.78, 5) is 14.5. The molecule has 1 saturated heterocycles. The predicted octanol–water partition coefficient (Wildman–Crippen LogP) is 1.15. The minimum Gasteiger partial charge on any atom is -0.386 e. The number of amides is 1. The fraction of sp³-hybridized carbons (Fsp3) is 0.417. The lowest BCUT2D eigenvalue weighted by molar-refractivity contribution is -0.118. The molecular weight excluding hydrogens is 221 g/mol. The van der Waals surface area contributed by atoms with Crippen molar-refractivity contribution in [1.29, 1.82) is 0 Å². The molecule has 1 aliphatic heterocycles. The summed E-state index contributed by atoms with van der Waals surface area (Å²) < 4.78 is 13.1. The van der Waals surface area contributed by atoms with Crippen LogP contribution < -0.4 is 10.2 Å². The molecular formula is C12H16FN3O. The van der Waals surface area contributed by atoms with Crippen LogP contribution in [0.15, 0.2) is 18.2 Å². The monoisotopic (exact) mass is 237 g/mol. The molecule has 1 amide bonds. The van der Waals surface area contributed by atoms with Gasteiger partial charge in [-0.25, -0.2) is 4.39 Å². The van der Waals surface area contributed by atoms with Crippen LogP contribution in [0.25, 0.3) is 0 Å². The highest BCUT2D eigenvalue weighted by Gasteiger charge is 2.17. The number of rotatable bonds is 3. The second-order valence-electron chi connectivity index (χ2n) is 4.04. The average molecular weight is 237 g/mol. The van der Waals surface area contributed by atoms with Gasteiger partial charge in [0, 0.05) is 33.2 Å². The van der Waals surface area contributed by atoms with E-state index in [9.17, 15) is 9.18 Å². The maximum atomic E-state index is 13.1. The Morgan fingerprint density at radius 2 is 2.00 bits per heavy atom. The Bertz CT molecular complexity index is 403. The molecule has 1 N–H and O–H groups in total. The normalized spacial score (nSPS) is 15.9. The molecule has 1 aliphatic rings. The topological polar surface area (TPSA) is 35.6 Å². The van der Waals surface area contributed by atoms with Gasteiger partial charge in [0.1, 0.15) is 5.82 Å². The highest BCUT2D eigenvalue weighted by molar-refractivity contribution is 5.70. The molecule has 1 heterocycles. The molecule has 1 aromatic carbocycles. The SMILES string of the molecule is CNc1cc(F)ccc1N1CCN(C=O)CC1. The third-order valence-electron chi connectivity index (χ3n) is 3.03. The molecule has 0 radical (unpaired) electrons. The van der Waals surface area contributed by atoms with E-state index in [-0.39, 0.29) is 5.82 Å². The molecule has 0 spiro atoms. The molecule has 0 saturated carbocycles. The van der Waals surface area contributed by atoms with E-state index in [2.05, 4.69) is 10.2 Å². The van der Waals surface area contributed by atoms with Crippen molar-refractivity contribution in [1.82, 2.24) is 4.90 Å². The van der Waals surface area contributed by atoms with Gasteiger partial charge in [-0.1, -0.05) is 0 Å². The average Bonchev–Trinajstić information content (AvgIpc) is 2.39. The number of carbonyl (C=O) groups excluding carboxylic acids is 1. The van der Waals surface area contributed by atoms with E-state index in [1.54, 1.807) is 18.0 Å². The van der Waals surface area contributed by atoms with Crippen LogP contribution in [0.2, 0.25) is 0 Å². The first kappa shape index (κ1) is 11.7.